The van der Waals surface area contributed by atoms with Crippen molar-refractivity contribution in [1.82, 2.24) is 0 Å². The number of hydrogen-bond donors (Lipinski definition) is 0. The predicted molar refractivity (Wildman–Crippen MR) is 4.81 cm³/mol. The summed E-state index contributed by atoms with van der Waals surface area (Å²) in [5.74, 6) is 0. The standard InChI is InChI=1S/2Cd.7O.2Ta/q2*+2;7*-2;2*+5. The van der Waals surface area contributed by atoms with Crippen LogP contribution in [0.4, 0.5) is 0 Å². The summed E-state index contributed by atoms with van der Waals surface area (Å²) in [6.45, 7) is 0. The largest absolute Gasteiger partial charge is 5.00 e. The van der Waals surface area contributed by atoms with Crippen molar-refractivity contribution in [3.63, 3.8) is 0 Å². The SMILES string of the molecule is [Cd+2].[Cd+2].[O-2].[O-2].[O-2].[O-2].[O-2].[O-2].[O-2].[Ta+5].[Ta+5]. The molecule has 7 nitrogen and oxygen atoms in total. The van der Waals surface area contributed by atoms with Crippen LogP contribution in [-0.4, -0.2) is 0 Å². The molecule has 0 rings (SSSR count). The summed E-state index contributed by atoms with van der Waals surface area (Å²) >= 11 is 0. The van der Waals surface area contributed by atoms with E-state index in [4.69, 9.17) is 0 Å². The molecule has 11 heteroatoms. The van der Waals surface area contributed by atoms with Crippen molar-refractivity contribution in [2.75, 3.05) is 0 Å². The minimum atomic E-state index is 0. The first-order valence-electron chi connectivity index (χ1n) is 0. The van der Waals surface area contributed by atoms with Crippen LogP contribution >= 0.6 is 0 Å². The monoisotopic (exact) mass is 702 g/mol. The van der Waals surface area contributed by atoms with Crippen molar-refractivity contribution in [3.8, 4) is 0 Å². The third kappa shape index (κ3) is 172. The second-order valence-corrected chi connectivity index (χ2v) is 0. The maximum Gasteiger partial charge on any atom is 5.00 e. The zero-order valence-electron chi connectivity index (χ0n) is 5.17. The molecule has 0 aliphatic rings. The van der Waals surface area contributed by atoms with E-state index in [-0.39, 0.29) is 138 Å². The van der Waals surface area contributed by atoms with E-state index < -0.39 is 0 Å². The summed E-state index contributed by atoms with van der Waals surface area (Å²) in [5, 5.41) is 0. The summed E-state index contributed by atoms with van der Waals surface area (Å²) in [7, 11) is 0. The molecule has 0 atom stereocenters. The average molecular weight is 699 g/mol. The van der Waals surface area contributed by atoms with Gasteiger partial charge in [0.15, 0.2) is 0 Å². The summed E-state index contributed by atoms with van der Waals surface area (Å²) in [6.07, 6.45) is 0. The maximum atomic E-state index is 0. The molecule has 0 aromatic rings. The van der Waals surface area contributed by atoms with Crippen molar-refractivity contribution in [2.24, 2.45) is 0 Å². The molecule has 0 aliphatic carbocycles. The molecule has 56 valence electrons. The first-order chi connectivity index (χ1) is 0. The van der Waals surface area contributed by atoms with E-state index in [9.17, 15) is 0 Å². The van der Waals surface area contributed by atoms with Crippen molar-refractivity contribution in [1.29, 1.82) is 0 Å². The maximum absolute atomic E-state index is 0. The van der Waals surface area contributed by atoms with Crippen LogP contribution in [0.3, 0.4) is 0 Å². The van der Waals surface area contributed by atoms with Gasteiger partial charge in [-0.25, -0.2) is 0 Å². The predicted octanol–water partition coefficient (Wildman–Crippen LogP) is -0.842. The van der Waals surface area contributed by atoms with E-state index in [0.29, 0.717) is 0 Å². The summed E-state index contributed by atoms with van der Waals surface area (Å²) in [5.41, 5.74) is 0. The minimum absolute atomic E-state index is 0. The van der Waals surface area contributed by atoms with Crippen LogP contribution in [0.1, 0.15) is 0 Å². The van der Waals surface area contributed by atoms with Crippen LogP contribution in [0.15, 0.2) is 0 Å². The second kappa shape index (κ2) is 204. The molecule has 0 saturated heterocycles. The molecular weight excluding hydrogens is 699 g/mol. The Morgan fingerprint density at radius 3 is 0.273 bits per heavy atom. The van der Waals surface area contributed by atoms with Crippen molar-refractivity contribution in [3.05, 3.63) is 0 Å². The van der Waals surface area contributed by atoms with Gasteiger partial charge in [-0.3, -0.25) is 0 Å². The molecule has 0 fully saturated rings. The van der Waals surface area contributed by atoms with Gasteiger partial charge in [0, 0.05) is 0 Å². The molecule has 0 saturated carbocycles. The van der Waals surface area contributed by atoms with E-state index >= 15 is 0 Å². The van der Waals surface area contributed by atoms with Crippen LogP contribution in [0.2, 0.25) is 0 Å². The normalized spacial score (nSPS) is 0. The first-order valence-corrected chi connectivity index (χ1v) is 0. The molecule has 0 aromatic carbocycles. The Hall–Kier alpha value is 3.04. The van der Waals surface area contributed by atoms with Gasteiger partial charge in [-0.2, -0.15) is 0 Å². The van der Waals surface area contributed by atoms with Gasteiger partial charge in [-0.1, -0.05) is 0 Å². The van der Waals surface area contributed by atoms with Crippen LogP contribution in [0.5, 0.6) is 0 Å². The van der Waals surface area contributed by atoms with Gasteiger partial charge in [0.1, 0.15) is 0 Å². The first kappa shape index (κ1) is 258. The molecule has 0 aliphatic heterocycles. The Morgan fingerprint density at radius 2 is 0.273 bits per heavy atom. The summed E-state index contributed by atoms with van der Waals surface area (Å²) in [4.78, 5) is 0. The summed E-state index contributed by atoms with van der Waals surface area (Å²) < 4.78 is 0. The zero-order chi connectivity index (χ0) is 0. The van der Waals surface area contributed by atoms with Crippen LogP contribution in [0.25, 0.3) is 0 Å². The summed E-state index contributed by atoms with van der Waals surface area (Å²) in [6, 6.07) is 0. The third-order valence-corrected chi connectivity index (χ3v) is 0. The second-order valence-electron chi connectivity index (χ2n) is 0. The van der Waals surface area contributed by atoms with Crippen LogP contribution < -0.4 is 0 Å². The molecule has 0 unspecified atom stereocenters. The van der Waals surface area contributed by atoms with E-state index in [0.717, 1.165) is 0 Å². The van der Waals surface area contributed by atoms with E-state index in [2.05, 4.69) is 0 Å². The smallest absolute Gasteiger partial charge is 2.00 e. The Kier molecular flexibility index (Phi) is 4780. The molecule has 0 bridgehead atoms. The van der Waals surface area contributed by atoms with Gasteiger partial charge in [-0.15, -0.1) is 0 Å². The van der Waals surface area contributed by atoms with Crippen molar-refractivity contribution < 1.29 is 138 Å². The molecule has 0 heterocycles. The Labute approximate surface area is 136 Å². The van der Waals surface area contributed by atoms with E-state index in [1.807, 2.05) is 0 Å². The van der Waals surface area contributed by atoms with Gasteiger partial charge >= 0.3 is 99.4 Å². The van der Waals surface area contributed by atoms with Crippen LogP contribution in [-0.2, 0) is 138 Å². The fourth-order valence-corrected chi connectivity index (χ4v) is 0. The molecule has 0 amide bonds. The number of hydrogen-bond acceptors (Lipinski definition) is 0. The topological polar surface area (TPSA) is 200 Å². The molecule has 11 heavy (non-hydrogen) atoms. The van der Waals surface area contributed by atoms with Gasteiger partial charge in [-0.05, 0) is 0 Å². The minimum Gasteiger partial charge on any atom is -2.00 e. The number of rotatable bonds is 0. The van der Waals surface area contributed by atoms with E-state index in [1.165, 1.54) is 0 Å². The fraction of sp³-hybridized carbons (Fsp3) is 0. The molecule has 0 spiro atoms. The van der Waals surface area contributed by atoms with Crippen LogP contribution in [0, 0.1) is 0 Å². The van der Waals surface area contributed by atoms with Crippen molar-refractivity contribution >= 4 is 0 Å². The quantitative estimate of drug-likeness (QED) is 0.285. The zero-order valence-corrected chi connectivity index (χ0v) is 19.7. The van der Waals surface area contributed by atoms with Gasteiger partial charge < -0.3 is 38.3 Å². The molecule has 0 N–H and O–H groups in total. The van der Waals surface area contributed by atoms with Gasteiger partial charge in [0.25, 0.3) is 0 Å². The van der Waals surface area contributed by atoms with Gasteiger partial charge in [0.05, 0.1) is 0 Å². The third-order valence-electron chi connectivity index (χ3n) is 0. The molecule has 0 aromatic heterocycles. The fourth-order valence-electron chi connectivity index (χ4n) is 0. The van der Waals surface area contributed by atoms with Crippen molar-refractivity contribution in [2.45, 2.75) is 0 Å². The molecular formula is Cd2O7Ta2. The average Bonchev–Trinajstić information content (AvgIpc) is 0. The van der Waals surface area contributed by atoms with E-state index in [1.54, 1.807) is 0 Å². The Morgan fingerprint density at radius 1 is 0.273 bits per heavy atom. The Balaban J connectivity index is 0. The van der Waals surface area contributed by atoms with Gasteiger partial charge in [0.2, 0.25) is 0 Å². The molecule has 0 radical (unpaired) electrons. The Bertz CT molecular complexity index is 14.4.